The molecule has 1 aliphatic carbocycles. The zero-order valence-electron chi connectivity index (χ0n) is 13.1. The summed E-state index contributed by atoms with van der Waals surface area (Å²) in [5.74, 6) is -0.936. The lowest BCUT2D eigenvalue weighted by Crippen LogP contribution is -2.51. The van der Waals surface area contributed by atoms with Crippen LogP contribution in [0, 0.1) is 0 Å². The van der Waals surface area contributed by atoms with Crippen LogP contribution < -0.4 is 10.6 Å². The third-order valence-electron chi connectivity index (χ3n) is 4.95. The molecule has 0 aromatic carbocycles. The number of hydrogen-bond acceptors (Lipinski definition) is 5. The Bertz CT molecular complexity index is 668. The molecule has 2 aliphatic heterocycles. The van der Waals surface area contributed by atoms with Gasteiger partial charge in [-0.3, -0.25) is 14.5 Å². The van der Waals surface area contributed by atoms with Gasteiger partial charge < -0.3 is 10.6 Å². The van der Waals surface area contributed by atoms with Gasteiger partial charge in [0.05, 0.1) is 17.0 Å². The summed E-state index contributed by atoms with van der Waals surface area (Å²) < 4.78 is 23.1. The maximum absolute atomic E-state index is 12.5. The Balaban J connectivity index is 1.64. The quantitative estimate of drug-likeness (QED) is 0.674. The Morgan fingerprint density at radius 3 is 2.48 bits per heavy atom. The van der Waals surface area contributed by atoms with Crippen molar-refractivity contribution in [2.75, 3.05) is 18.1 Å². The summed E-state index contributed by atoms with van der Waals surface area (Å²) in [7, 11) is -3.14. The Morgan fingerprint density at radius 1 is 1.26 bits per heavy atom. The Kier molecular flexibility index (Phi) is 3.66. The molecule has 0 radical (unpaired) electrons. The van der Waals surface area contributed by atoms with Crippen LogP contribution in [0.5, 0.6) is 0 Å². The molecule has 2 N–H and O–H groups in total. The molecule has 0 aromatic rings. The fourth-order valence-electron chi connectivity index (χ4n) is 3.77. The smallest absolute Gasteiger partial charge is 0.325 e. The second kappa shape index (κ2) is 5.19. The Labute approximate surface area is 134 Å². The summed E-state index contributed by atoms with van der Waals surface area (Å²) in [5.41, 5.74) is -1.67. The molecule has 1 saturated carbocycles. The SMILES string of the molecule is C[C@]1(NC(=O)CN2C(=O)NC3(CCCC3)C2=O)CCS(=O)(=O)C1. The molecule has 9 heteroatoms. The van der Waals surface area contributed by atoms with Gasteiger partial charge in [0.15, 0.2) is 9.84 Å². The second-order valence-corrected chi connectivity index (χ2v) is 9.25. The average molecular weight is 343 g/mol. The first-order valence-corrected chi connectivity index (χ1v) is 9.63. The van der Waals surface area contributed by atoms with E-state index < -0.39 is 32.9 Å². The number of imide groups is 1. The van der Waals surface area contributed by atoms with Crippen LogP contribution in [0.3, 0.4) is 0 Å². The number of urea groups is 1. The van der Waals surface area contributed by atoms with E-state index in [0.717, 1.165) is 17.7 Å². The van der Waals surface area contributed by atoms with Gasteiger partial charge in [0, 0.05) is 0 Å². The minimum atomic E-state index is -3.14. The zero-order chi connectivity index (χ0) is 16.9. The van der Waals surface area contributed by atoms with Crippen molar-refractivity contribution >= 4 is 27.7 Å². The van der Waals surface area contributed by atoms with Crippen molar-refractivity contribution in [3.8, 4) is 0 Å². The molecule has 4 amide bonds. The molecule has 0 aromatic heterocycles. The lowest BCUT2D eigenvalue weighted by molar-refractivity contribution is -0.135. The Morgan fingerprint density at radius 2 is 1.91 bits per heavy atom. The van der Waals surface area contributed by atoms with Crippen molar-refractivity contribution in [3.63, 3.8) is 0 Å². The molecule has 1 spiro atoms. The summed E-state index contributed by atoms with van der Waals surface area (Å²) in [6.45, 7) is 1.29. The van der Waals surface area contributed by atoms with Crippen LogP contribution in [0.1, 0.15) is 39.0 Å². The summed E-state index contributed by atoms with van der Waals surface area (Å²) in [6.07, 6.45) is 3.30. The van der Waals surface area contributed by atoms with Crippen LogP contribution in [-0.4, -0.2) is 60.3 Å². The minimum Gasteiger partial charge on any atom is -0.348 e. The van der Waals surface area contributed by atoms with Crippen LogP contribution in [0.2, 0.25) is 0 Å². The van der Waals surface area contributed by atoms with E-state index in [1.54, 1.807) is 6.92 Å². The highest BCUT2D eigenvalue weighted by Crippen LogP contribution is 2.35. The molecular formula is C14H21N3O5S. The molecule has 2 saturated heterocycles. The normalized spacial score (nSPS) is 31.6. The van der Waals surface area contributed by atoms with E-state index in [1.807, 2.05) is 0 Å². The molecule has 2 heterocycles. The summed E-state index contributed by atoms with van der Waals surface area (Å²) in [5, 5.41) is 5.38. The molecule has 8 nitrogen and oxygen atoms in total. The van der Waals surface area contributed by atoms with Gasteiger partial charge >= 0.3 is 6.03 Å². The molecular weight excluding hydrogens is 322 g/mol. The van der Waals surface area contributed by atoms with Crippen molar-refractivity contribution in [2.24, 2.45) is 0 Å². The topological polar surface area (TPSA) is 113 Å². The van der Waals surface area contributed by atoms with Gasteiger partial charge in [-0.2, -0.15) is 0 Å². The van der Waals surface area contributed by atoms with Gasteiger partial charge in [-0.05, 0) is 26.2 Å². The third-order valence-corrected chi connectivity index (χ3v) is 6.85. The lowest BCUT2D eigenvalue weighted by Gasteiger charge is -2.25. The number of hydrogen-bond donors (Lipinski definition) is 2. The predicted octanol–water partition coefficient (Wildman–Crippen LogP) is -0.456. The summed E-state index contributed by atoms with van der Waals surface area (Å²) in [6, 6.07) is -0.545. The first kappa shape index (κ1) is 16.2. The summed E-state index contributed by atoms with van der Waals surface area (Å²) in [4.78, 5) is 37.6. The van der Waals surface area contributed by atoms with Gasteiger partial charge in [-0.25, -0.2) is 13.2 Å². The highest BCUT2D eigenvalue weighted by atomic mass is 32.2. The number of nitrogens with zero attached hydrogens (tertiary/aromatic N) is 1. The average Bonchev–Trinajstić information content (AvgIpc) is 3.06. The highest BCUT2D eigenvalue weighted by Gasteiger charge is 2.53. The number of amides is 4. The van der Waals surface area contributed by atoms with Crippen molar-refractivity contribution in [2.45, 2.75) is 50.1 Å². The number of carbonyl (C=O) groups is 3. The molecule has 3 fully saturated rings. The van der Waals surface area contributed by atoms with Crippen LogP contribution in [-0.2, 0) is 19.4 Å². The predicted molar refractivity (Wildman–Crippen MR) is 81.3 cm³/mol. The maximum Gasteiger partial charge on any atom is 0.325 e. The number of rotatable bonds is 3. The molecule has 1 atom stereocenters. The van der Waals surface area contributed by atoms with Crippen molar-refractivity contribution in [1.82, 2.24) is 15.5 Å². The zero-order valence-corrected chi connectivity index (χ0v) is 13.9. The second-order valence-electron chi connectivity index (χ2n) is 7.06. The number of carbonyl (C=O) groups excluding carboxylic acids is 3. The van der Waals surface area contributed by atoms with E-state index in [2.05, 4.69) is 10.6 Å². The minimum absolute atomic E-state index is 0.0377. The van der Waals surface area contributed by atoms with Crippen LogP contribution >= 0.6 is 0 Å². The lowest BCUT2D eigenvalue weighted by atomic mass is 9.98. The monoisotopic (exact) mass is 343 g/mol. The first-order chi connectivity index (χ1) is 10.6. The van der Waals surface area contributed by atoms with Gasteiger partial charge in [0.1, 0.15) is 12.1 Å². The fourth-order valence-corrected chi connectivity index (χ4v) is 5.86. The van der Waals surface area contributed by atoms with Crippen molar-refractivity contribution in [1.29, 1.82) is 0 Å². The largest absolute Gasteiger partial charge is 0.348 e. The molecule has 0 bridgehead atoms. The molecule has 0 unspecified atom stereocenters. The van der Waals surface area contributed by atoms with Crippen molar-refractivity contribution in [3.05, 3.63) is 0 Å². The third kappa shape index (κ3) is 2.93. The van der Waals surface area contributed by atoms with E-state index in [1.165, 1.54) is 0 Å². The fraction of sp³-hybridized carbons (Fsp3) is 0.786. The van der Waals surface area contributed by atoms with Crippen LogP contribution in [0.25, 0.3) is 0 Å². The van der Waals surface area contributed by atoms with Gasteiger partial charge in [0.2, 0.25) is 5.91 Å². The van der Waals surface area contributed by atoms with Crippen molar-refractivity contribution < 1.29 is 22.8 Å². The van der Waals surface area contributed by atoms with E-state index >= 15 is 0 Å². The van der Waals surface area contributed by atoms with E-state index in [0.29, 0.717) is 19.3 Å². The van der Waals surface area contributed by atoms with E-state index in [4.69, 9.17) is 0 Å². The van der Waals surface area contributed by atoms with E-state index in [-0.39, 0.29) is 24.0 Å². The molecule has 128 valence electrons. The highest BCUT2D eigenvalue weighted by molar-refractivity contribution is 7.91. The number of nitrogens with one attached hydrogen (secondary N) is 2. The maximum atomic E-state index is 12.5. The first-order valence-electron chi connectivity index (χ1n) is 7.80. The van der Waals surface area contributed by atoms with Gasteiger partial charge in [-0.1, -0.05) is 12.8 Å². The summed E-state index contributed by atoms with van der Waals surface area (Å²) >= 11 is 0. The van der Waals surface area contributed by atoms with Crippen LogP contribution in [0.15, 0.2) is 0 Å². The molecule has 3 rings (SSSR count). The molecule has 3 aliphatic rings. The van der Waals surface area contributed by atoms with Gasteiger partial charge in [0.25, 0.3) is 5.91 Å². The van der Waals surface area contributed by atoms with Crippen LogP contribution in [0.4, 0.5) is 4.79 Å². The van der Waals surface area contributed by atoms with Gasteiger partial charge in [-0.15, -0.1) is 0 Å². The van der Waals surface area contributed by atoms with E-state index in [9.17, 15) is 22.8 Å². The number of sulfone groups is 1. The Hall–Kier alpha value is -1.64. The standard InChI is InChI=1S/C14H21N3O5S/c1-13(6-7-23(21,22)9-13)15-10(18)8-17-11(19)14(16-12(17)20)4-2-3-5-14/h2-9H2,1H3,(H,15,18)(H,16,20)/t13-/m0/s1. The molecule has 23 heavy (non-hydrogen) atoms.